The first-order chi connectivity index (χ1) is 12.1. The van der Waals surface area contributed by atoms with Crippen molar-refractivity contribution < 1.29 is 9.53 Å². The van der Waals surface area contributed by atoms with Crippen molar-refractivity contribution >= 4 is 29.0 Å². The predicted molar refractivity (Wildman–Crippen MR) is 98.8 cm³/mol. The lowest BCUT2D eigenvalue weighted by Crippen LogP contribution is -2.30. The van der Waals surface area contributed by atoms with Crippen LogP contribution in [-0.2, 0) is 0 Å². The molecule has 0 unspecified atom stereocenters. The Morgan fingerprint density at radius 3 is 2.68 bits per heavy atom. The third-order valence-electron chi connectivity index (χ3n) is 4.29. The maximum atomic E-state index is 12.6. The van der Waals surface area contributed by atoms with E-state index in [-0.39, 0.29) is 5.91 Å². The Morgan fingerprint density at radius 2 is 1.96 bits per heavy atom. The standard InChI is InChI=1S/C18H21ClN4O2/c1-12-8-14(16(25-2)9-13(12)19)22-18(24)15-10-17(21-11-20-15)23-6-4-3-5-7-23/h8-11H,3-7H2,1-2H3,(H,22,24). The third-order valence-corrected chi connectivity index (χ3v) is 4.70. The second-order valence-electron chi connectivity index (χ2n) is 6.06. The van der Waals surface area contributed by atoms with E-state index >= 15 is 0 Å². The van der Waals surface area contributed by atoms with Crippen molar-refractivity contribution in [1.29, 1.82) is 0 Å². The average Bonchev–Trinajstić information content (AvgIpc) is 2.65. The van der Waals surface area contributed by atoms with E-state index in [0.717, 1.165) is 37.3 Å². The second kappa shape index (κ2) is 7.70. The number of anilines is 2. The van der Waals surface area contributed by atoms with Crippen LogP contribution in [0.2, 0.25) is 5.02 Å². The molecule has 0 saturated carbocycles. The number of carbonyl (C=O) groups excluding carboxylic acids is 1. The smallest absolute Gasteiger partial charge is 0.274 e. The van der Waals surface area contributed by atoms with Crippen LogP contribution < -0.4 is 15.0 Å². The molecular formula is C18H21ClN4O2. The van der Waals surface area contributed by atoms with Crippen LogP contribution in [0.1, 0.15) is 35.3 Å². The lowest BCUT2D eigenvalue weighted by molar-refractivity contribution is 0.102. The number of halogens is 1. The van der Waals surface area contributed by atoms with Crippen molar-refractivity contribution in [3.63, 3.8) is 0 Å². The number of aryl methyl sites for hydroxylation is 1. The van der Waals surface area contributed by atoms with Gasteiger partial charge in [-0.15, -0.1) is 0 Å². The van der Waals surface area contributed by atoms with Crippen LogP contribution in [0.4, 0.5) is 11.5 Å². The Hall–Kier alpha value is -2.34. The van der Waals surface area contributed by atoms with Gasteiger partial charge in [-0.2, -0.15) is 0 Å². The molecule has 1 aromatic carbocycles. The highest BCUT2D eigenvalue weighted by molar-refractivity contribution is 6.31. The van der Waals surface area contributed by atoms with Crippen molar-refractivity contribution in [3.05, 3.63) is 40.8 Å². The molecule has 25 heavy (non-hydrogen) atoms. The van der Waals surface area contributed by atoms with Gasteiger partial charge in [-0.1, -0.05) is 11.6 Å². The van der Waals surface area contributed by atoms with Crippen LogP contribution in [0.25, 0.3) is 0 Å². The maximum absolute atomic E-state index is 12.6. The van der Waals surface area contributed by atoms with Gasteiger partial charge in [-0.25, -0.2) is 9.97 Å². The molecule has 1 saturated heterocycles. The topological polar surface area (TPSA) is 67.3 Å². The van der Waals surface area contributed by atoms with Gasteiger partial charge in [0.2, 0.25) is 0 Å². The van der Waals surface area contributed by atoms with E-state index in [0.29, 0.717) is 22.2 Å². The summed E-state index contributed by atoms with van der Waals surface area (Å²) in [5, 5.41) is 3.43. The number of methoxy groups -OCH3 is 1. The average molecular weight is 361 g/mol. The predicted octanol–water partition coefficient (Wildman–Crippen LogP) is 3.69. The van der Waals surface area contributed by atoms with Crippen molar-refractivity contribution in [3.8, 4) is 5.75 Å². The molecule has 3 rings (SSSR count). The van der Waals surface area contributed by atoms with Crippen molar-refractivity contribution in [1.82, 2.24) is 9.97 Å². The zero-order valence-electron chi connectivity index (χ0n) is 14.4. The second-order valence-corrected chi connectivity index (χ2v) is 6.47. The molecule has 6 nitrogen and oxygen atoms in total. The SMILES string of the molecule is COc1cc(Cl)c(C)cc1NC(=O)c1cc(N2CCCCC2)ncn1. The summed E-state index contributed by atoms with van der Waals surface area (Å²) in [7, 11) is 1.54. The molecule has 2 aromatic rings. The minimum atomic E-state index is -0.305. The number of hydrogen-bond donors (Lipinski definition) is 1. The Balaban J connectivity index is 1.81. The molecule has 0 bridgehead atoms. The van der Waals surface area contributed by atoms with E-state index in [1.807, 2.05) is 6.92 Å². The number of rotatable bonds is 4. The van der Waals surface area contributed by atoms with Gasteiger partial charge in [0.1, 0.15) is 23.6 Å². The molecule has 2 heterocycles. The zero-order valence-corrected chi connectivity index (χ0v) is 15.1. The maximum Gasteiger partial charge on any atom is 0.274 e. The molecule has 1 aliphatic heterocycles. The lowest BCUT2D eigenvalue weighted by Gasteiger charge is -2.27. The quantitative estimate of drug-likeness (QED) is 0.900. The van der Waals surface area contributed by atoms with E-state index in [2.05, 4.69) is 20.2 Å². The molecule has 1 N–H and O–H groups in total. The lowest BCUT2D eigenvalue weighted by atomic mass is 10.1. The van der Waals surface area contributed by atoms with Gasteiger partial charge in [0.05, 0.1) is 12.8 Å². The number of benzene rings is 1. The van der Waals surface area contributed by atoms with E-state index in [1.165, 1.54) is 19.9 Å². The van der Waals surface area contributed by atoms with Gasteiger partial charge in [-0.3, -0.25) is 4.79 Å². The Labute approximate surface area is 152 Å². The number of nitrogens with one attached hydrogen (secondary N) is 1. The largest absolute Gasteiger partial charge is 0.495 e. The number of amides is 1. The van der Waals surface area contributed by atoms with Crippen LogP contribution in [0, 0.1) is 6.92 Å². The number of aromatic nitrogens is 2. The fraction of sp³-hybridized carbons (Fsp3) is 0.389. The summed E-state index contributed by atoms with van der Waals surface area (Å²) in [5.74, 6) is 0.994. The highest BCUT2D eigenvalue weighted by Crippen LogP contribution is 2.31. The Kier molecular flexibility index (Phi) is 5.38. The number of piperidine rings is 1. The third kappa shape index (κ3) is 4.02. The summed E-state index contributed by atoms with van der Waals surface area (Å²) in [6.45, 7) is 3.79. The molecule has 1 fully saturated rings. The monoisotopic (exact) mass is 360 g/mol. The van der Waals surface area contributed by atoms with Crippen LogP contribution >= 0.6 is 11.6 Å². The first kappa shape index (κ1) is 17.5. The van der Waals surface area contributed by atoms with Crippen LogP contribution in [0.5, 0.6) is 5.75 Å². The summed E-state index contributed by atoms with van der Waals surface area (Å²) >= 11 is 6.11. The minimum absolute atomic E-state index is 0.305. The van der Waals surface area contributed by atoms with E-state index < -0.39 is 0 Å². The molecule has 0 atom stereocenters. The first-order valence-corrected chi connectivity index (χ1v) is 8.69. The van der Waals surface area contributed by atoms with Crippen LogP contribution in [0.15, 0.2) is 24.5 Å². The molecule has 7 heteroatoms. The van der Waals surface area contributed by atoms with Gasteiger partial charge in [0.25, 0.3) is 5.91 Å². The number of carbonyl (C=O) groups is 1. The van der Waals surface area contributed by atoms with E-state index in [1.54, 1.807) is 18.2 Å². The van der Waals surface area contributed by atoms with Crippen molar-refractivity contribution in [2.75, 3.05) is 30.4 Å². The van der Waals surface area contributed by atoms with E-state index in [4.69, 9.17) is 16.3 Å². The Morgan fingerprint density at radius 1 is 1.20 bits per heavy atom. The fourth-order valence-electron chi connectivity index (χ4n) is 2.88. The summed E-state index contributed by atoms with van der Waals surface area (Å²) in [4.78, 5) is 23.2. The summed E-state index contributed by atoms with van der Waals surface area (Å²) in [6.07, 6.45) is 4.97. The molecule has 1 aliphatic rings. The summed E-state index contributed by atoms with van der Waals surface area (Å²) < 4.78 is 5.30. The normalized spacial score (nSPS) is 14.3. The molecule has 1 amide bonds. The van der Waals surface area contributed by atoms with Gasteiger partial charge in [0, 0.05) is 30.2 Å². The first-order valence-electron chi connectivity index (χ1n) is 8.31. The molecule has 0 radical (unpaired) electrons. The molecule has 0 aliphatic carbocycles. The molecule has 0 spiro atoms. The van der Waals surface area contributed by atoms with E-state index in [9.17, 15) is 4.79 Å². The number of nitrogens with zero attached hydrogens (tertiary/aromatic N) is 3. The number of hydrogen-bond acceptors (Lipinski definition) is 5. The van der Waals surface area contributed by atoms with Crippen molar-refractivity contribution in [2.45, 2.75) is 26.2 Å². The molecular weight excluding hydrogens is 340 g/mol. The van der Waals surface area contributed by atoms with Crippen LogP contribution in [-0.4, -0.2) is 36.1 Å². The van der Waals surface area contributed by atoms with Gasteiger partial charge < -0.3 is 15.0 Å². The Bertz CT molecular complexity index is 776. The van der Waals surface area contributed by atoms with Crippen LogP contribution in [0.3, 0.4) is 0 Å². The number of ether oxygens (including phenoxy) is 1. The highest BCUT2D eigenvalue weighted by atomic mass is 35.5. The fourth-order valence-corrected chi connectivity index (χ4v) is 3.04. The van der Waals surface area contributed by atoms with Gasteiger partial charge in [0.15, 0.2) is 0 Å². The summed E-state index contributed by atoms with van der Waals surface area (Å²) in [6, 6.07) is 5.20. The molecule has 132 valence electrons. The van der Waals surface area contributed by atoms with Gasteiger partial charge >= 0.3 is 0 Å². The zero-order chi connectivity index (χ0) is 17.8. The minimum Gasteiger partial charge on any atom is -0.495 e. The molecule has 1 aromatic heterocycles. The van der Waals surface area contributed by atoms with Crippen molar-refractivity contribution in [2.24, 2.45) is 0 Å². The summed E-state index contributed by atoms with van der Waals surface area (Å²) in [5.41, 5.74) is 1.74. The highest BCUT2D eigenvalue weighted by Gasteiger charge is 2.17. The van der Waals surface area contributed by atoms with Gasteiger partial charge in [-0.05, 0) is 37.8 Å².